The second kappa shape index (κ2) is 10.4. The van der Waals surface area contributed by atoms with Gasteiger partial charge in [0.2, 0.25) is 11.8 Å². The molecule has 8 heteroatoms. The zero-order chi connectivity index (χ0) is 17.9. The largest absolute Gasteiger partial charge is 0.466 e. The Kier molecular flexibility index (Phi) is 9.29. The lowest BCUT2D eigenvalue weighted by Crippen LogP contribution is -2.42. The number of amides is 2. The van der Waals surface area contributed by atoms with Crippen LogP contribution in [0.25, 0.3) is 0 Å². The molecule has 0 rings (SSSR count). The van der Waals surface area contributed by atoms with E-state index in [4.69, 9.17) is 4.74 Å². The second-order valence-electron chi connectivity index (χ2n) is 5.66. The van der Waals surface area contributed by atoms with Crippen LogP contribution in [0.2, 0.25) is 0 Å². The van der Waals surface area contributed by atoms with E-state index in [0.29, 0.717) is 13.0 Å². The van der Waals surface area contributed by atoms with Gasteiger partial charge < -0.3 is 20.1 Å². The fourth-order valence-corrected chi connectivity index (χ4v) is 1.21. The number of carbonyl (C=O) groups is 4. The van der Waals surface area contributed by atoms with Gasteiger partial charge in [0, 0.05) is 24.1 Å². The molecule has 0 aromatic rings. The first kappa shape index (κ1) is 20.6. The van der Waals surface area contributed by atoms with Crippen LogP contribution in [0.5, 0.6) is 0 Å². The number of hydrogen-bond acceptors (Lipinski definition) is 6. The van der Waals surface area contributed by atoms with Crippen LogP contribution in [-0.4, -0.2) is 50.6 Å². The molecule has 0 unspecified atom stereocenters. The molecule has 130 valence electrons. The topological polar surface area (TPSA) is 111 Å². The number of hydrogen-bond donors (Lipinski definition) is 2. The van der Waals surface area contributed by atoms with Crippen LogP contribution in [0.4, 0.5) is 0 Å². The van der Waals surface area contributed by atoms with Gasteiger partial charge in [-0.05, 0) is 6.42 Å². The van der Waals surface area contributed by atoms with E-state index in [-0.39, 0.29) is 25.0 Å². The Morgan fingerprint density at radius 2 is 1.61 bits per heavy atom. The lowest BCUT2D eigenvalue weighted by molar-refractivity contribution is -0.139. The van der Waals surface area contributed by atoms with E-state index in [1.165, 1.54) is 7.11 Å². The minimum absolute atomic E-state index is 0.0962. The highest BCUT2D eigenvalue weighted by atomic mass is 16.5. The molecule has 2 N–H and O–H groups in total. The monoisotopic (exact) mass is 328 g/mol. The fourth-order valence-electron chi connectivity index (χ4n) is 1.21. The number of esters is 2. The van der Waals surface area contributed by atoms with E-state index in [2.05, 4.69) is 15.4 Å². The van der Waals surface area contributed by atoms with Crippen molar-refractivity contribution in [3.63, 3.8) is 0 Å². The second-order valence-corrected chi connectivity index (χ2v) is 5.66. The van der Waals surface area contributed by atoms with Crippen LogP contribution < -0.4 is 10.6 Å². The average molecular weight is 328 g/mol. The lowest BCUT2D eigenvalue weighted by Gasteiger charge is -2.17. The van der Waals surface area contributed by atoms with E-state index in [1.807, 2.05) is 0 Å². The van der Waals surface area contributed by atoms with Crippen LogP contribution in [0.3, 0.4) is 0 Å². The zero-order valence-electron chi connectivity index (χ0n) is 13.9. The maximum Gasteiger partial charge on any atom is 0.331 e. The maximum atomic E-state index is 11.6. The van der Waals surface area contributed by atoms with Gasteiger partial charge in [-0.2, -0.15) is 0 Å². The number of ether oxygens (including phenoxy) is 2. The van der Waals surface area contributed by atoms with Crippen molar-refractivity contribution in [2.24, 2.45) is 5.41 Å². The van der Waals surface area contributed by atoms with Crippen LogP contribution in [0.15, 0.2) is 12.2 Å². The molecule has 8 nitrogen and oxygen atoms in total. The molecule has 0 aromatic carbocycles. The van der Waals surface area contributed by atoms with Crippen molar-refractivity contribution >= 4 is 23.8 Å². The van der Waals surface area contributed by atoms with Gasteiger partial charge in [0.05, 0.1) is 20.3 Å². The molecule has 0 aliphatic carbocycles. The summed E-state index contributed by atoms with van der Waals surface area (Å²) in [5.74, 6) is -1.84. The average Bonchev–Trinajstić information content (AvgIpc) is 2.48. The summed E-state index contributed by atoms with van der Waals surface area (Å²) < 4.78 is 9.13. The Morgan fingerprint density at radius 3 is 2.17 bits per heavy atom. The molecule has 0 aliphatic rings. The highest BCUT2D eigenvalue weighted by Crippen LogP contribution is 2.11. The summed E-state index contributed by atoms with van der Waals surface area (Å²) in [4.78, 5) is 45.0. The SMILES string of the molecule is COC(=O)/C=C/C(=O)OCCCNC(=O)CNC(=O)C(C)(C)C. The quantitative estimate of drug-likeness (QED) is 0.366. The van der Waals surface area contributed by atoms with Gasteiger partial charge in [-0.3, -0.25) is 9.59 Å². The molecule has 0 fully saturated rings. The van der Waals surface area contributed by atoms with E-state index >= 15 is 0 Å². The maximum absolute atomic E-state index is 11.6. The molecule has 0 aliphatic heterocycles. The van der Waals surface area contributed by atoms with Crippen molar-refractivity contribution in [3.8, 4) is 0 Å². The standard InChI is InChI=1S/C15H24N2O6/c1-15(2,3)14(21)17-10-11(18)16-8-5-9-23-13(20)7-6-12(19)22-4/h6-7H,5,8-10H2,1-4H3,(H,16,18)(H,17,21)/b7-6+. The Morgan fingerprint density at radius 1 is 1.00 bits per heavy atom. The highest BCUT2D eigenvalue weighted by Gasteiger charge is 2.21. The predicted octanol–water partition coefficient (Wildman–Crippen LogP) is -0.0726. The summed E-state index contributed by atoms with van der Waals surface area (Å²) in [5, 5.41) is 5.11. The molecule has 0 heterocycles. The van der Waals surface area contributed by atoms with Gasteiger partial charge in [-0.25, -0.2) is 9.59 Å². The molecule has 0 spiro atoms. The van der Waals surface area contributed by atoms with Gasteiger partial charge in [-0.1, -0.05) is 20.8 Å². The van der Waals surface area contributed by atoms with Gasteiger partial charge in [0.1, 0.15) is 0 Å². The normalized spacial score (nSPS) is 11.0. The van der Waals surface area contributed by atoms with E-state index in [0.717, 1.165) is 12.2 Å². The highest BCUT2D eigenvalue weighted by molar-refractivity contribution is 5.91. The summed E-state index contributed by atoms with van der Waals surface area (Å²) in [5.41, 5.74) is -0.549. The molecule has 23 heavy (non-hydrogen) atoms. The summed E-state index contributed by atoms with van der Waals surface area (Å²) in [7, 11) is 1.20. The third-order valence-electron chi connectivity index (χ3n) is 2.53. The van der Waals surface area contributed by atoms with Crippen molar-refractivity contribution in [1.29, 1.82) is 0 Å². The molecular weight excluding hydrogens is 304 g/mol. The van der Waals surface area contributed by atoms with Crippen LogP contribution in [0, 0.1) is 5.41 Å². The smallest absolute Gasteiger partial charge is 0.331 e. The number of nitrogens with one attached hydrogen (secondary N) is 2. The van der Waals surface area contributed by atoms with Crippen molar-refractivity contribution in [1.82, 2.24) is 10.6 Å². The predicted molar refractivity (Wildman–Crippen MR) is 82.2 cm³/mol. The van der Waals surface area contributed by atoms with Crippen LogP contribution in [0.1, 0.15) is 27.2 Å². The molecule has 0 saturated heterocycles. The Labute approximate surface area is 135 Å². The Hall–Kier alpha value is -2.38. The fraction of sp³-hybridized carbons (Fsp3) is 0.600. The minimum Gasteiger partial charge on any atom is -0.466 e. The van der Waals surface area contributed by atoms with Crippen LogP contribution >= 0.6 is 0 Å². The third-order valence-corrected chi connectivity index (χ3v) is 2.53. The Bertz CT molecular complexity index is 465. The summed E-state index contributed by atoms with van der Waals surface area (Å²) in [6, 6.07) is 0. The Balaban J connectivity index is 3.74. The zero-order valence-corrected chi connectivity index (χ0v) is 13.9. The molecular formula is C15H24N2O6. The number of rotatable bonds is 8. The third kappa shape index (κ3) is 10.9. The molecule has 0 radical (unpaired) electrons. The first-order chi connectivity index (χ1) is 10.7. The number of carbonyl (C=O) groups excluding carboxylic acids is 4. The molecule has 2 amide bonds. The summed E-state index contributed by atoms with van der Waals surface area (Å²) in [6.45, 7) is 5.56. The van der Waals surface area contributed by atoms with E-state index in [1.54, 1.807) is 20.8 Å². The first-order valence-corrected chi connectivity index (χ1v) is 7.14. The first-order valence-electron chi connectivity index (χ1n) is 7.14. The van der Waals surface area contributed by atoms with Gasteiger partial charge >= 0.3 is 11.9 Å². The summed E-state index contributed by atoms with van der Waals surface area (Å²) >= 11 is 0. The molecule has 0 atom stereocenters. The minimum atomic E-state index is -0.667. The van der Waals surface area contributed by atoms with E-state index < -0.39 is 17.4 Å². The van der Waals surface area contributed by atoms with Crippen LogP contribution in [-0.2, 0) is 28.7 Å². The van der Waals surface area contributed by atoms with Crippen molar-refractivity contribution < 1.29 is 28.7 Å². The van der Waals surface area contributed by atoms with E-state index in [9.17, 15) is 19.2 Å². The van der Waals surface area contributed by atoms with Crippen molar-refractivity contribution in [3.05, 3.63) is 12.2 Å². The summed E-state index contributed by atoms with van der Waals surface area (Å²) in [6.07, 6.45) is 2.34. The lowest BCUT2D eigenvalue weighted by atomic mass is 9.96. The molecule has 0 aromatic heterocycles. The number of methoxy groups -OCH3 is 1. The van der Waals surface area contributed by atoms with Crippen molar-refractivity contribution in [2.45, 2.75) is 27.2 Å². The molecule has 0 saturated carbocycles. The van der Waals surface area contributed by atoms with Gasteiger partial charge in [0.15, 0.2) is 0 Å². The van der Waals surface area contributed by atoms with Gasteiger partial charge in [-0.15, -0.1) is 0 Å². The molecule has 0 bridgehead atoms. The van der Waals surface area contributed by atoms with Gasteiger partial charge in [0.25, 0.3) is 0 Å². The van der Waals surface area contributed by atoms with Crippen molar-refractivity contribution in [2.75, 3.05) is 26.8 Å².